The lowest BCUT2D eigenvalue weighted by atomic mass is 10.1. The molecule has 0 unspecified atom stereocenters. The van der Waals surface area contributed by atoms with Crippen molar-refractivity contribution in [2.24, 2.45) is 0 Å². The summed E-state index contributed by atoms with van der Waals surface area (Å²) in [7, 11) is 0. The van der Waals surface area contributed by atoms with Gasteiger partial charge in [-0.2, -0.15) is 18.3 Å². The van der Waals surface area contributed by atoms with Gasteiger partial charge in [-0.25, -0.2) is 9.50 Å². The highest BCUT2D eigenvalue weighted by Crippen LogP contribution is 2.31. The van der Waals surface area contributed by atoms with E-state index in [0.29, 0.717) is 40.0 Å². The van der Waals surface area contributed by atoms with Gasteiger partial charge < -0.3 is 9.73 Å². The van der Waals surface area contributed by atoms with E-state index in [9.17, 15) is 22.8 Å². The molecule has 5 rings (SSSR count). The fraction of sp³-hybridized carbons (Fsp3) is 0.0400. The number of aldehydes is 1. The van der Waals surface area contributed by atoms with Crippen LogP contribution in [0.2, 0.25) is 0 Å². The predicted molar refractivity (Wildman–Crippen MR) is 121 cm³/mol. The summed E-state index contributed by atoms with van der Waals surface area (Å²) in [5.74, 6) is -0.486. The third kappa shape index (κ3) is 4.29. The molecule has 35 heavy (non-hydrogen) atoms. The van der Waals surface area contributed by atoms with Crippen molar-refractivity contribution in [1.82, 2.24) is 14.6 Å². The van der Waals surface area contributed by atoms with Crippen LogP contribution in [0.4, 0.5) is 18.9 Å². The molecule has 0 fully saturated rings. The molecule has 5 aromatic rings. The molecule has 7 nitrogen and oxygen atoms in total. The number of nitrogens with one attached hydrogen (secondary N) is 1. The van der Waals surface area contributed by atoms with E-state index < -0.39 is 17.6 Å². The summed E-state index contributed by atoms with van der Waals surface area (Å²) >= 11 is 0. The van der Waals surface area contributed by atoms with Crippen LogP contribution in [0.25, 0.3) is 28.0 Å². The van der Waals surface area contributed by atoms with Crippen LogP contribution in [0.1, 0.15) is 26.5 Å². The van der Waals surface area contributed by atoms with E-state index in [2.05, 4.69) is 15.4 Å². The van der Waals surface area contributed by atoms with Gasteiger partial charge >= 0.3 is 6.18 Å². The fourth-order valence-electron chi connectivity index (χ4n) is 3.67. The van der Waals surface area contributed by atoms with Crippen LogP contribution < -0.4 is 5.32 Å². The number of anilines is 1. The number of carbonyl (C=O) groups excluding carboxylic acids is 2. The number of furan rings is 1. The van der Waals surface area contributed by atoms with Crippen LogP contribution >= 0.6 is 0 Å². The first-order valence-corrected chi connectivity index (χ1v) is 10.3. The molecule has 1 N–H and O–H groups in total. The van der Waals surface area contributed by atoms with Gasteiger partial charge in [0.05, 0.1) is 23.7 Å². The first-order valence-electron chi connectivity index (χ1n) is 10.3. The molecule has 3 heterocycles. The molecule has 2 aromatic carbocycles. The van der Waals surface area contributed by atoms with Crippen LogP contribution in [-0.2, 0) is 6.18 Å². The maximum atomic E-state index is 13.0. The summed E-state index contributed by atoms with van der Waals surface area (Å²) in [6, 6.07) is 14.4. The number of hydrogen-bond acceptors (Lipinski definition) is 5. The van der Waals surface area contributed by atoms with Crippen molar-refractivity contribution in [2.45, 2.75) is 6.18 Å². The van der Waals surface area contributed by atoms with Crippen molar-refractivity contribution in [3.63, 3.8) is 0 Å². The fourth-order valence-corrected chi connectivity index (χ4v) is 3.67. The number of fused-ring (bicyclic) bond motifs is 1. The Balaban J connectivity index is 1.46. The number of benzene rings is 2. The lowest BCUT2D eigenvalue weighted by molar-refractivity contribution is -0.137. The average molecular weight is 476 g/mol. The van der Waals surface area contributed by atoms with E-state index in [4.69, 9.17) is 4.42 Å². The third-order valence-corrected chi connectivity index (χ3v) is 5.32. The molecular formula is C25H15F3N4O3. The highest BCUT2D eigenvalue weighted by Gasteiger charge is 2.30. The molecule has 0 aliphatic rings. The molecular weight excluding hydrogens is 461 g/mol. The number of aromatic nitrogens is 3. The van der Waals surface area contributed by atoms with E-state index in [1.807, 2.05) is 0 Å². The summed E-state index contributed by atoms with van der Waals surface area (Å²) in [6.07, 6.45) is 0.706. The smallest absolute Gasteiger partial charge is 0.416 e. The standard InChI is InChI=1S/C25H15F3N4O3/c26-25(27,28)18-5-1-4-16(9-18)24(34)31-19-6-2-3-15(10-19)22-7-8-29-23-21(12-30-32(22)23)17-11-20(13-33)35-14-17/h1-14H,(H,31,34). The minimum atomic E-state index is -4.54. The molecule has 10 heteroatoms. The van der Waals surface area contributed by atoms with Gasteiger partial charge in [0, 0.05) is 34.1 Å². The molecule has 3 aromatic heterocycles. The van der Waals surface area contributed by atoms with Gasteiger partial charge in [-0.05, 0) is 42.5 Å². The minimum absolute atomic E-state index is 0.108. The zero-order valence-corrected chi connectivity index (χ0v) is 17.8. The second kappa shape index (κ2) is 8.56. The minimum Gasteiger partial charge on any atom is -0.461 e. The van der Waals surface area contributed by atoms with Crippen molar-refractivity contribution in [2.75, 3.05) is 5.32 Å². The molecule has 0 spiro atoms. The third-order valence-electron chi connectivity index (χ3n) is 5.32. The van der Waals surface area contributed by atoms with E-state index >= 15 is 0 Å². The molecule has 174 valence electrons. The van der Waals surface area contributed by atoms with Crippen LogP contribution in [0, 0.1) is 0 Å². The maximum absolute atomic E-state index is 13.0. The van der Waals surface area contributed by atoms with Gasteiger partial charge in [0.15, 0.2) is 17.7 Å². The van der Waals surface area contributed by atoms with E-state index in [1.54, 1.807) is 53.3 Å². The predicted octanol–water partition coefficient (Wildman–Crippen LogP) is 5.74. The van der Waals surface area contributed by atoms with E-state index in [1.165, 1.54) is 18.4 Å². The summed E-state index contributed by atoms with van der Waals surface area (Å²) < 4.78 is 45.8. The number of carbonyl (C=O) groups is 2. The van der Waals surface area contributed by atoms with Crippen LogP contribution in [0.3, 0.4) is 0 Å². The van der Waals surface area contributed by atoms with Gasteiger partial charge in [-0.1, -0.05) is 18.2 Å². The quantitative estimate of drug-likeness (QED) is 0.327. The van der Waals surface area contributed by atoms with Gasteiger partial charge in [0.2, 0.25) is 0 Å². The topological polar surface area (TPSA) is 89.5 Å². The van der Waals surface area contributed by atoms with Crippen molar-refractivity contribution >= 4 is 23.5 Å². The second-order valence-electron chi connectivity index (χ2n) is 7.59. The lowest BCUT2D eigenvalue weighted by Crippen LogP contribution is -2.14. The zero-order valence-electron chi connectivity index (χ0n) is 17.8. The Kier molecular flexibility index (Phi) is 5.40. The van der Waals surface area contributed by atoms with Gasteiger partial charge in [0.1, 0.15) is 0 Å². The highest BCUT2D eigenvalue weighted by atomic mass is 19.4. The Hall–Kier alpha value is -4.73. The maximum Gasteiger partial charge on any atom is 0.416 e. The summed E-state index contributed by atoms with van der Waals surface area (Å²) in [5.41, 5.74) is 2.58. The number of hydrogen-bond donors (Lipinski definition) is 1. The Bertz CT molecular complexity index is 1570. The number of nitrogens with zero attached hydrogens (tertiary/aromatic N) is 3. The first kappa shape index (κ1) is 22.1. The monoisotopic (exact) mass is 476 g/mol. The number of halogens is 3. The number of amides is 1. The van der Waals surface area contributed by atoms with Crippen molar-refractivity contribution < 1.29 is 27.2 Å². The van der Waals surface area contributed by atoms with Gasteiger partial charge in [-0.15, -0.1) is 0 Å². The Morgan fingerprint density at radius 2 is 1.86 bits per heavy atom. The highest BCUT2D eigenvalue weighted by molar-refractivity contribution is 6.04. The molecule has 0 atom stereocenters. The molecule has 0 bridgehead atoms. The zero-order chi connectivity index (χ0) is 24.6. The molecule has 0 aliphatic heterocycles. The Morgan fingerprint density at radius 3 is 2.63 bits per heavy atom. The van der Waals surface area contributed by atoms with Crippen LogP contribution in [0.5, 0.6) is 0 Å². The van der Waals surface area contributed by atoms with Gasteiger partial charge in [-0.3, -0.25) is 9.59 Å². The summed E-state index contributed by atoms with van der Waals surface area (Å²) in [5, 5.41) is 7.05. The van der Waals surface area contributed by atoms with Crippen molar-refractivity contribution in [3.8, 4) is 22.4 Å². The first-order chi connectivity index (χ1) is 16.8. The summed E-state index contributed by atoms with van der Waals surface area (Å²) in [4.78, 5) is 27.9. The van der Waals surface area contributed by atoms with Crippen LogP contribution in [-0.4, -0.2) is 26.8 Å². The van der Waals surface area contributed by atoms with Gasteiger partial charge in [0.25, 0.3) is 5.91 Å². The van der Waals surface area contributed by atoms with E-state index in [0.717, 1.165) is 12.1 Å². The Labute approximate surface area is 195 Å². The van der Waals surface area contributed by atoms with Crippen LogP contribution in [0.15, 0.2) is 83.7 Å². The molecule has 1 amide bonds. The summed E-state index contributed by atoms with van der Waals surface area (Å²) in [6.45, 7) is 0. The lowest BCUT2D eigenvalue weighted by Gasteiger charge is -2.11. The molecule has 0 aliphatic carbocycles. The SMILES string of the molecule is O=Cc1cc(-c2cnn3c(-c4cccc(NC(=O)c5cccc(C(F)(F)F)c5)c4)ccnc23)co1. The number of rotatable bonds is 5. The number of alkyl halides is 3. The van der Waals surface area contributed by atoms with E-state index in [-0.39, 0.29) is 11.3 Å². The largest absolute Gasteiger partial charge is 0.461 e. The Morgan fingerprint density at radius 1 is 1.03 bits per heavy atom. The molecule has 0 saturated carbocycles. The molecule has 0 radical (unpaired) electrons. The van der Waals surface area contributed by atoms with Crippen molar-refractivity contribution in [1.29, 1.82) is 0 Å². The molecule has 0 saturated heterocycles. The van der Waals surface area contributed by atoms with Crippen molar-refractivity contribution in [3.05, 3.63) is 96.2 Å². The second-order valence-corrected chi connectivity index (χ2v) is 7.59. The average Bonchev–Trinajstić information content (AvgIpc) is 3.50. The normalized spacial score (nSPS) is 11.5.